The fourth-order valence-electron chi connectivity index (χ4n) is 4.96. The van der Waals surface area contributed by atoms with Crippen molar-refractivity contribution in [1.29, 1.82) is 0 Å². The third-order valence-electron chi connectivity index (χ3n) is 7.29. The highest BCUT2D eigenvalue weighted by molar-refractivity contribution is 4.92. The molecule has 180 valence electrons. The molecule has 0 saturated heterocycles. The van der Waals surface area contributed by atoms with E-state index < -0.39 is 0 Å². The molecule has 0 bridgehead atoms. The van der Waals surface area contributed by atoms with Gasteiger partial charge in [0.2, 0.25) is 0 Å². The van der Waals surface area contributed by atoms with Gasteiger partial charge in [-0.1, -0.05) is 149 Å². The van der Waals surface area contributed by atoms with E-state index in [9.17, 15) is 0 Å². The normalized spacial score (nSPS) is 18.2. The van der Waals surface area contributed by atoms with E-state index in [1.807, 2.05) is 0 Å². The first-order valence-corrected chi connectivity index (χ1v) is 14.6. The van der Waals surface area contributed by atoms with Gasteiger partial charge in [-0.2, -0.15) is 0 Å². The fraction of sp³-hybridized carbons (Fsp3) is 1.00. The second-order valence-corrected chi connectivity index (χ2v) is 10.4. The van der Waals surface area contributed by atoms with Crippen molar-refractivity contribution in [1.82, 2.24) is 5.32 Å². The first-order chi connectivity index (χ1) is 14.9. The largest absolute Gasteiger partial charge is 0.314 e. The number of rotatable bonds is 25. The van der Waals surface area contributed by atoms with E-state index in [0.717, 1.165) is 12.0 Å². The van der Waals surface area contributed by atoms with Crippen molar-refractivity contribution >= 4 is 0 Å². The van der Waals surface area contributed by atoms with Gasteiger partial charge in [-0.25, -0.2) is 0 Å². The fourth-order valence-corrected chi connectivity index (χ4v) is 4.96. The van der Waals surface area contributed by atoms with Crippen LogP contribution in [0, 0.1) is 5.92 Å². The topological polar surface area (TPSA) is 12.0 Å². The van der Waals surface area contributed by atoms with Gasteiger partial charge in [0.1, 0.15) is 0 Å². The minimum atomic E-state index is 0.887. The Morgan fingerprint density at radius 2 is 0.833 bits per heavy atom. The molecule has 1 aliphatic rings. The van der Waals surface area contributed by atoms with Crippen LogP contribution in [0.1, 0.15) is 168 Å². The molecule has 0 radical (unpaired) electrons. The van der Waals surface area contributed by atoms with Gasteiger partial charge in [-0.3, -0.25) is 0 Å². The second-order valence-electron chi connectivity index (χ2n) is 10.4. The van der Waals surface area contributed by atoms with Crippen molar-refractivity contribution in [2.75, 3.05) is 6.54 Å². The Morgan fingerprint density at radius 1 is 0.467 bits per heavy atom. The molecule has 0 aromatic heterocycles. The predicted molar refractivity (Wildman–Crippen MR) is 137 cm³/mol. The maximum Gasteiger partial charge on any atom is 0.00991 e. The Hall–Kier alpha value is -0.0400. The highest BCUT2D eigenvalue weighted by atomic mass is 15.0. The van der Waals surface area contributed by atoms with Crippen molar-refractivity contribution in [2.45, 2.75) is 174 Å². The molecule has 2 unspecified atom stereocenters. The summed E-state index contributed by atoms with van der Waals surface area (Å²) in [5.41, 5.74) is 0. The number of nitrogens with one attached hydrogen (secondary N) is 1. The van der Waals surface area contributed by atoms with E-state index in [0.29, 0.717) is 0 Å². The maximum atomic E-state index is 3.77. The van der Waals surface area contributed by atoms with Crippen LogP contribution >= 0.6 is 0 Å². The molecule has 1 heteroatoms. The smallest absolute Gasteiger partial charge is 0.00991 e. The summed E-state index contributed by atoms with van der Waals surface area (Å²) in [4.78, 5) is 0. The van der Waals surface area contributed by atoms with E-state index in [4.69, 9.17) is 0 Å². The second kappa shape index (κ2) is 22.2. The highest BCUT2D eigenvalue weighted by Gasteiger charge is 2.35. The van der Waals surface area contributed by atoms with Crippen LogP contribution < -0.4 is 5.32 Å². The molecular weight excluding hydrogens is 362 g/mol. The molecule has 1 rings (SSSR count). The van der Waals surface area contributed by atoms with Crippen molar-refractivity contribution in [3.63, 3.8) is 0 Å². The third kappa shape index (κ3) is 18.7. The van der Waals surface area contributed by atoms with Crippen LogP contribution in [0.5, 0.6) is 0 Å². The van der Waals surface area contributed by atoms with Gasteiger partial charge in [0.25, 0.3) is 0 Å². The van der Waals surface area contributed by atoms with E-state index in [1.165, 1.54) is 161 Å². The molecule has 1 N–H and O–H groups in total. The van der Waals surface area contributed by atoms with Crippen LogP contribution in [-0.4, -0.2) is 12.6 Å². The number of unbranched alkanes of at least 4 members (excludes halogenated alkanes) is 20. The molecule has 0 heterocycles. The Bertz CT molecular complexity index is 326. The molecule has 1 aliphatic carbocycles. The minimum absolute atomic E-state index is 0.887. The summed E-state index contributed by atoms with van der Waals surface area (Å²) in [5, 5.41) is 3.77. The van der Waals surface area contributed by atoms with E-state index in [-0.39, 0.29) is 0 Å². The monoisotopic (exact) mass is 421 g/mol. The van der Waals surface area contributed by atoms with Crippen LogP contribution in [-0.2, 0) is 0 Å². The molecular formula is C29H59N. The Labute approximate surface area is 192 Å². The lowest BCUT2D eigenvalue weighted by Gasteiger charge is -2.05. The molecule has 2 atom stereocenters. The summed E-state index contributed by atoms with van der Waals surface area (Å²) in [6, 6.07) is 0.887. The zero-order chi connectivity index (χ0) is 21.5. The molecule has 0 spiro atoms. The van der Waals surface area contributed by atoms with Crippen LogP contribution in [0.3, 0.4) is 0 Å². The van der Waals surface area contributed by atoms with Gasteiger partial charge in [0, 0.05) is 6.04 Å². The molecule has 1 saturated carbocycles. The molecule has 0 aliphatic heterocycles. The molecule has 0 amide bonds. The van der Waals surface area contributed by atoms with Crippen molar-refractivity contribution in [3.8, 4) is 0 Å². The van der Waals surface area contributed by atoms with Gasteiger partial charge in [-0.05, 0) is 31.7 Å². The summed E-state index contributed by atoms with van der Waals surface area (Å²) >= 11 is 0. The Morgan fingerprint density at radius 3 is 1.27 bits per heavy atom. The van der Waals surface area contributed by atoms with E-state index in [1.54, 1.807) is 0 Å². The highest BCUT2D eigenvalue weighted by Crippen LogP contribution is 2.35. The lowest BCUT2D eigenvalue weighted by molar-refractivity contribution is 0.513. The van der Waals surface area contributed by atoms with Crippen LogP contribution in [0.4, 0.5) is 0 Å². The standard InChI is InChI=1S/C29H59N/c1-3-5-7-9-10-11-12-13-14-15-16-17-18-19-20-21-22-23-25-28-27-29(28)30-26-24-8-6-4-2/h28-30H,3-27H2,1-2H3. The summed E-state index contributed by atoms with van der Waals surface area (Å²) in [6.07, 6.45) is 35.1. The summed E-state index contributed by atoms with van der Waals surface area (Å²) in [5.74, 6) is 1.03. The van der Waals surface area contributed by atoms with Gasteiger partial charge < -0.3 is 5.32 Å². The summed E-state index contributed by atoms with van der Waals surface area (Å²) in [6.45, 7) is 5.86. The predicted octanol–water partition coefficient (Wildman–Crippen LogP) is 9.98. The molecule has 30 heavy (non-hydrogen) atoms. The Kier molecular flexibility index (Phi) is 20.7. The van der Waals surface area contributed by atoms with Crippen molar-refractivity contribution < 1.29 is 0 Å². The molecule has 0 aromatic rings. The SMILES string of the molecule is CCCCCCCCCCCCCCCCCCCCC1CC1NCCCCCC. The van der Waals surface area contributed by atoms with Crippen molar-refractivity contribution in [2.24, 2.45) is 5.92 Å². The molecule has 1 nitrogen and oxygen atoms in total. The number of hydrogen-bond acceptors (Lipinski definition) is 1. The van der Waals surface area contributed by atoms with Crippen LogP contribution in [0.15, 0.2) is 0 Å². The van der Waals surface area contributed by atoms with Gasteiger partial charge in [0.15, 0.2) is 0 Å². The molecule has 1 fully saturated rings. The third-order valence-corrected chi connectivity index (χ3v) is 7.29. The minimum Gasteiger partial charge on any atom is -0.314 e. The lowest BCUT2D eigenvalue weighted by atomic mass is 10.0. The maximum absolute atomic E-state index is 3.77. The lowest BCUT2D eigenvalue weighted by Crippen LogP contribution is -2.19. The van der Waals surface area contributed by atoms with Crippen LogP contribution in [0.2, 0.25) is 0 Å². The van der Waals surface area contributed by atoms with E-state index in [2.05, 4.69) is 19.2 Å². The average molecular weight is 422 g/mol. The number of hydrogen-bond donors (Lipinski definition) is 1. The molecule has 0 aromatic carbocycles. The zero-order valence-electron chi connectivity index (χ0n) is 21.3. The van der Waals surface area contributed by atoms with E-state index >= 15 is 0 Å². The first kappa shape index (κ1) is 28.0. The summed E-state index contributed by atoms with van der Waals surface area (Å²) in [7, 11) is 0. The first-order valence-electron chi connectivity index (χ1n) is 14.6. The van der Waals surface area contributed by atoms with Crippen LogP contribution in [0.25, 0.3) is 0 Å². The van der Waals surface area contributed by atoms with Crippen molar-refractivity contribution in [3.05, 3.63) is 0 Å². The van der Waals surface area contributed by atoms with Gasteiger partial charge in [0.05, 0.1) is 0 Å². The van der Waals surface area contributed by atoms with Gasteiger partial charge >= 0.3 is 0 Å². The quantitative estimate of drug-likeness (QED) is 0.145. The average Bonchev–Trinajstić information content (AvgIpc) is 3.51. The van der Waals surface area contributed by atoms with Gasteiger partial charge in [-0.15, -0.1) is 0 Å². The Balaban J connectivity index is 1.66. The summed E-state index contributed by atoms with van der Waals surface area (Å²) < 4.78 is 0. The zero-order valence-corrected chi connectivity index (χ0v) is 21.3.